The lowest BCUT2D eigenvalue weighted by atomic mass is 10.2. The summed E-state index contributed by atoms with van der Waals surface area (Å²) in [5, 5.41) is 8.36. The minimum Gasteiger partial charge on any atom is -0.495 e. The van der Waals surface area contributed by atoms with Gasteiger partial charge in [-0.25, -0.2) is 4.79 Å². The number of hydrogen-bond acceptors (Lipinski definition) is 2. The molecule has 1 saturated heterocycles. The highest BCUT2D eigenvalue weighted by Crippen LogP contribution is 2.10. The second kappa shape index (κ2) is 2.60. The molecule has 0 aliphatic carbocycles. The number of rotatable bonds is 2. The molecule has 0 radical (unpaired) electrons. The number of amides is 1. The molecule has 1 fully saturated rings. The number of likely N-dealkylation sites (tertiary alicyclic amines) is 1. The van der Waals surface area contributed by atoms with Gasteiger partial charge in [0.15, 0.2) is 0 Å². The van der Waals surface area contributed by atoms with E-state index in [0.717, 1.165) is 0 Å². The first-order valence-electron chi connectivity index (χ1n) is 2.98. The Labute approximate surface area is 58.7 Å². The Balaban J connectivity index is 2.17. The fraction of sp³-hybridized carbons (Fsp3) is 0.500. The molecular formula is C6H9NO3. The number of hydrogen-bond donors (Lipinski definition) is 1. The standard InChI is InChI=1S/C6H9NO3/c1-2-10-5-3-7(4-5)6(8)9/h2,5H,1,3-4H2,(H,8,9). The van der Waals surface area contributed by atoms with Crippen molar-refractivity contribution in [3.63, 3.8) is 0 Å². The molecule has 0 unspecified atom stereocenters. The molecule has 1 aliphatic heterocycles. The van der Waals surface area contributed by atoms with E-state index in [-0.39, 0.29) is 6.10 Å². The zero-order chi connectivity index (χ0) is 7.56. The van der Waals surface area contributed by atoms with Crippen LogP contribution >= 0.6 is 0 Å². The van der Waals surface area contributed by atoms with E-state index in [2.05, 4.69) is 6.58 Å². The van der Waals surface area contributed by atoms with Crippen LogP contribution in [0.2, 0.25) is 0 Å². The molecular weight excluding hydrogens is 134 g/mol. The highest BCUT2D eigenvalue weighted by molar-refractivity contribution is 5.66. The van der Waals surface area contributed by atoms with Crippen molar-refractivity contribution in [2.45, 2.75) is 6.10 Å². The van der Waals surface area contributed by atoms with Gasteiger partial charge in [-0.05, 0) is 0 Å². The molecule has 1 rings (SSSR count). The summed E-state index contributed by atoms with van der Waals surface area (Å²) in [5.41, 5.74) is 0. The minimum atomic E-state index is -0.885. The minimum absolute atomic E-state index is 0.0219. The molecule has 0 aromatic carbocycles. The molecule has 0 atom stereocenters. The molecule has 1 aliphatic rings. The second-order valence-corrected chi connectivity index (χ2v) is 2.11. The predicted octanol–water partition coefficient (Wildman–Crippen LogP) is 0.509. The van der Waals surface area contributed by atoms with Crippen LogP contribution in [0, 0.1) is 0 Å². The van der Waals surface area contributed by atoms with Gasteiger partial charge in [0.25, 0.3) is 0 Å². The topological polar surface area (TPSA) is 49.8 Å². The zero-order valence-electron chi connectivity index (χ0n) is 5.49. The number of nitrogens with zero attached hydrogens (tertiary/aromatic N) is 1. The van der Waals surface area contributed by atoms with E-state index in [4.69, 9.17) is 9.84 Å². The molecule has 0 spiro atoms. The fourth-order valence-corrected chi connectivity index (χ4v) is 0.816. The van der Waals surface area contributed by atoms with Gasteiger partial charge in [-0.3, -0.25) is 0 Å². The lowest BCUT2D eigenvalue weighted by Crippen LogP contribution is -2.53. The number of ether oxygens (including phenoxy) is 1. The van der Waals surface area contributed by atoms with Crippen LogP contribution in [0.15, 0.2) is 12.8 Å². The molecule has 4 nitrogen and oxygen atoms in total. The molecule has 0 bridgehead atoms. The summed E-state index contributed by atoms with van der Waals surface area (Å²) in [6, 6.07) is 0. The van der Waals surface area contributed by atoms with E-state index in [0.29, 0.717) is 13.1 Å². The summed E-state index contributed by atoms with van der Waals surface area (Å²) in [5.74, 6) is 0. The SMILES string of the molecule is C=COC1CN(C(=O)O)C1. The van der Waals surface area contributed by atoms with E-state index in [1.54, 1.807) is 0 Å². The molecule has 0 saturated carbocycles. The molecule has 10 heavy (non-hydrogen) atoms. The van der Waals surface area contributed by atoms with Gasteiger partial charge in [-0.1, -0.05) is 6.58 Å². The van der Waals surface area contributed by atoms with Crippen LogP contribution in [0.1, 0.15) is 0 Å². The van der Waals surface area contributed by atoms with E-state index in [9.17, 15) is 4.79 Å². The van der Waals surface area contributed by atoms with Crippen molar-refractivity contribution in [1.29, 1.82) is 0 Å². The summed E-state index contributed by atoms with van der Waals surface area (Å²) in [4.78, 5) is 11.5. The van der Waals surface area contributed by atoms with Crippen LogP contribution in [-0.2, 0) is 4.74 Å². The maximum Gasteiger partial charge on any atom is 0.407 e. The molecule has 0 aromatic rings. The van der Waals surface area contributed by atoms with E-state index >= 15 is 0 Å². The zero-order valence-corrected chi connectivity index (χ0v) is 5.49. The van der Waals surface area contributed by atoms with Gasteiger partial charge in [0.05, 0.1) is 19.4 Å². The maximum absolute atomic E-state index is 10.2. The largest absolute Gasteiger partial charge is 0.495 e. The third-order valence-electron chi connectivity index (χ3n) is 1.41. The number of carboxylic acid groups (broad SMARTS) is 1. The summed E-state index contributed by atoms with van der Waals surface area (Å²) < 4.78 is 4.92. The Morgan fingerprint density at radius 3 is 2.80 bits per heavy atom. The van der Waals surface area contributed by atoms with Crippen molar-refractivity contribution >= 4 is 6.09 Å². The first kappa shape index (κ1) is 6.92. The van der Waals surface area contributed by atoms with Gasteiger partial charge in [-0.15, -0.1) is 0 Å². The van der Waals surface area contributed by atoms with E-state index in [1.807, 2.05) is 0 Å². The van der Waals surface area contributed by atoms with Gasteiger partial charge in [0.2, 0.25) is 0 Å². The van der Waals surface area contributed by atoms with Crippen molar-refractivity contribution in [2.75, 3.05) is 13.1 Å². The van der Waals surface area contributed by atoms with Crippen LogP contribution in [0.25, 0.3) is 0 Å². The molecule has 56 valence electrons. The van der Waals surface area contributed by atoms with Gasteiger partial charge < -0.3 is 14.7 Å². The smallest absolute Gasteiger partial charge is 0.407 e. The van der Waals surface area contributed by atoms with Gasteiger partial charge >= 0.3 is 6.09 Å². The third kappa shape index (κ3) is 1.21. The lowest BCUT2D eigenvalue weighted by Gasteiger charge is -2.35. The first-order valence-corrected chi connectivity index (χ1v) is 2.98. The van der Waals surface area contributed by atoms with Crippen molar-refractivity contribution in [3.05, 3.63) is 12.8 Å². The summed E-state index contributed by atoms with van der Waals surface area (Å²) in [7, 11) is 0. The molecule has 1 heterocycles. The third-order valence-corrected chi connectivity index (χ3v) is 1.41. The number of carbonyl (C=O) groups is 1. The highest BCUT2D eigenvalue weighted by Gasteiger charge is 2.30. The van der Waals surface area contributed by atoms with Crippen LogP contribution in [0.4, 0.5) is 4.79 Å². The van der Waals surface area contributed by atoms with Gasteiger partial charge in [-0.2, -0.15) is 0 Å². The Kier molecular flexibility index (Phi) is 1.80. The summed E-state index contributed by atoms with van der Waals surface area (Å²) in [6.45, 7) is 4.28. The Hall–Kier alpha value is -1.19. The van der Waals surface area contributed by atoms with Crippen molar-refractivity contribution in [1.82, 2.24) is 4.90 Å². The van der Waals surface area contributed by atoms with Crippen LogP contribution in [-0.4, -0.2) is 35.3 Å². The van der Waals surface area contributed by atoms with Gasteiger partial charge in [0.1, 0.15) is 6.10 Å². The Morgan fingerprint density at radius 2 is 2.40 bits per heavy atom. The lowest BCUT2D eigenvalue weighted by molar-refractivity contribution is 0.000379. The Bertz CT molecular complexity index is 151. The van der Waals surface area contributed by atoms with Crippen LogP contribution in [0.3, 0.4) is 0 Å². The molecule has 1 N–H and O–H groups in total. The monoisotopic (exact) mass is 143 g/mol. The van der Waals surface area contributed by atoms with Crippen molar-refractivity contribution in [3.8, 4) is 0 Å². The summed E-state index contributed by atoms with van der Waals surface area (Å²) in [6.07, 6.45) is 0.474. The van der Waals surface area contributed by atoms with Crippen molar-refractivity contribution in [2.24, 2.45) is 0 Å². The molecule has 0 aromatic heterocycles. The van der Waals surface area contributed by atoms with Crippen LogP contribution < -0.4 is 0 Å². The quantitative estimate of drug-likeness (QED) is 0.573. The average Bonchev–Trinajstić information content (AvgIpc) is 1.76. The molecule has 4 heteroatoms. The molecule has 1 amide bonds. The van der Waals surface area contributed by atoms with E-state index < -0.39 is 6.09 Å². The summed E-state index contributed by atoms with van der Waals surface area (Å²) >= 11 is 0. The average molecular weight is 143 g/mol. The van der Waals surface area contributed by atoms with Gasteiger partial charge in [0, 0.05) is 0 Å². The second-order valence-electron chi connectivity index (χ2n) is 2.11. The predicted molar refractivity (Wildman–Crippen MR) is 34.7 cm³/mol. The highest BCUT2D eigenvalue weighted by atomic mass is 16.5. The first-order chi connectivity index (χ1) is 4.74. The van der Waals surface area contributed by atoms with Crippen molar-refractivity contribution < 1.29 is 14.6 Å². The fourth-order valence-electron chi connectivity index (χ4n) is 0.816. The van der Waals surface area contributed by atoms with E-state index in [1.165, 1.54) is 11.2 Å². The van der Waals surface area contributed by atoms with Crippen LogP contribution in [0.5, 0.6) is 0 Å². The maximum atomic E-state index is 10.2. The Morgan fingerprint density at radius 1 is 1.80 bits per heavy atom. The normalized spacial score (nSPS) is 17.8.